The molecule has 0 bridgehead atoms. The van der Waals surface area contributed by atoms with Crippen LogP contribution in [0.3, 0.4) is 0 Å². The number of aromatic nitrogens is 4. The predicted molar refractivity (Wildman–Crippen MR) is 162 cm³/mol. The molecule has 0 radical (unpaired) electrons. The molecule has 0 aliphatic carbocycles. The number of anilines is 3. The first kappa shape index (κ1) is 26.7. The largest absolute Gasteiger partial charge is 0.457 e. The molecule has 6 rings (SSSR count). The molecule has 1 fully saturated rings. The van der Waals surface area contributed by atoms with Crippen molar-refractivity contribution in [2.24, 2.45) is 0 Å². The lowest BCUT2D eigenvalue weighted by atomic mass is 10.2. The Bertz CT molecular complexity index is 1720. The van der Waals surface area contributed by atoms with Gasteiger partial charge in [-0.25, -0.2) is 24.7 Å². The number of thiazole rings is 1. The van der Waals surface area contributed by atoms with Crippen LogP contribution < -0.4 is 15.0 Å². The van der Waals surface area contributed by atoms with Crippen molar-refractivity contribution in [3.8, 4) is 11.5 Å². The summed E-state index contributed by atoms with van der Waals surface area (Å²) in [6, 6.07) is 15.8. The molecule has 0 saturated carbocycles. The normalized spacial score (nSPS) is 14.0. The van der Waals surface area contributed by atoms with E-state index in [1.807, 2.05) is 81.7 Å². The van der Waals surface area contributed by atoms with Crippen LogP contribution in [0, 0.1) is 6.92 Å². The molecule has 0 spiro atoms. The third-order valence-electron chi connectivity index (χ3n) is 6.69. The van der Waals surface area contributed by atoms with Gasteiger partial charge in [0.15, 0.2) is 5.82 Å². The minimum absolute atomic E-state index is 0.282. The van der Waals surface area contributed by atoms with Gasteiger partial charge in [-0.2, -0.15) is 0 Å². The van der Waals surface area contributed by atoms with Gasteiger partial charge in [0, 0.05) is 37.9 Å². The van der Waals surface area contributed by atoms with Crippen LogP contribution in [0.25, 0.3) is 21.3 Å². The summed E-state index contributed by atoms with van der Waals surface area (Å²) in [5.41, 5.74) is 5.51. The number of ether oxygens (including phenoxy) is 2. The Hall–Kier alpha value is -4.51. The average Bonchev–Trinajstić information content (AvgIpc) is 3.42. The molecule has 1 saturated heterocycles. The highest BCUT2D eigenvalue weighted by molar-refractivity contribution is 7.16. The number of benzene rings is 2. The van der Waals surface area contributed by atoms with Gasteiger partial charge in [0.1, 0.15) is 34.8 Å². The molecule has 2 aromatic carbocycles. The molecule has 11 heteroatoms. The van der Waals surface area contributed by atoms with Crippen molar-refractivity contribution in [2.75, 3.05) is 36.4 Å². The van der Waals surface area contributed by atoms with Crippen LogP contribution in [0.5, 0.6) is 11.5 Å². The molecular formula is C30H31N7O3S. The second kappa shape index (κ2) is 10.8. The van der Waals surface area contributed by atoms with E-state index in [4.69, 9.17) is 14.5 Å². The summed E-state index contributed by atoms with van der Waals surface area (Å²) in [7, 11) is 0. The third-order valence-corrected chi connectivity index (χ3v) is 7.50. The van der Waals surface area contributed by atoms with E-state index in [2.05, 4.69) is 25.2 Å². The Balaban J connectivity index is 1.17. The summed E-state index contributed by atoms with van der Waals surface area (Å²) in [5, 5.41) is 3.41. The van der Waals surface area contributed by atoms with E-state index in [0.29, 0.717) is 37.5 Å². The molecule has 0 atom stereocenters. The summed E-state index contributed by atoms with van der Waals surface area (Å²) in [6.07, 6.45) is 1.25. The van der Waals surface area contributed by atoms with Gasteiger partial charge in [0.05, 0.1) is 21.2 Å². The van der Waals surface area contributed by atoms with Crippen LogP contribution in [0.1, 0.15) is 26.3 Å². The van der Waals surface area contributed by atoms with Crippen molar-refractivity contribution in [1.29, 1.82) is 0 Å². The van der Waals surface area contributed by atoms with Crippen molar-refractivity contribution in [3.05, 3.63) is 65.9 Å². The van der Waals surface area contributed by atoms with Gasteiger partial charge in [0.2, 0.25) is 0 Å². The van der Waals surface area contributed by atoms with Crippen molar-refractivity contribution in [3.63, 3.8) is 0 Å². The summed E-state index contributed by atoms with van der Waals surface area (Å²) in [5.74, 6) is 2.95. The zero-order chi connectivity index (χ0) is 28.6. The fraction of sp³-hybridized carbons (Fsp3) is 0.300. The molecule has 3 aromatic heterocycles. The number of pyridine rings is 1. The summed E-state index contributed by atoms with van der Waals surface area (Å²) >= 11 is 1.61. The van der Waals surface area contributed by atoms with Gasteiger partial charge in [-0.1, -0.05) is 0 Å². The van der Waals surface area contributed by atoms with Crippen molar-refractivity contribution >= 4 is 56.0 Å². The van der Waals surface area contributed by atoms with E-state index in [-0.39, 0.29) is 6.09 Å². The maximum Gasteiger partial charge on any atom is 0.410 e. The topological polar surface area (TPSA) is 106 Å². The van der Waals surface area contributed by atoms with E-state index >= 15 is 0 Å². The van der Waals surface area contributed by atoms with Gasteiger partial charge in [0.25, 0.3) is 0 Å². The second-order valence-corrected chi connectivity index (χ2v) is 11.8. The molecule has 10 nitrogen and oxygen atoms in total. The fourth-order valence-corrected chi connectivity index (χ4v) is 5.31. The highest BCUT2D eigenvalue weighted by Crippen LogP contribution is 2.32. The summed E-state index contributed by atoms with van der Waals surface area (Å²) in [6.45, 7) is 10.1. The van der Waals surface area contributed by atoms with Crippen LogP contribution in [0.4, 0.5) is 22.1 Å². The number of rotatable bonds is 5. The molecule has 1 amide bonds. The first-order valence-electron chi connectivity index (χ1n) is 13.5. The van der Waals surface area contributed by atoms with Gasteiger partial charge >= 0.3 is 6.09 Å². The predicted octanol–water partition coefficient (Wildman–Crippen LogP) is 6.54. The SMILES string of the molecule is Cc1cc(Nc2ncnc3ccc(N4CCN(C(=O)OC(C)(C)C)CC4)nc23)ccc1Oc1ccc2scnc2c1. The number of hydrogen-bond donors (Lipinski definition) is 1. The first-order valence-corrected chi connectivity index (χ1v) is 14.3. The first-order chi connectivity index (χ1) is 19.7. The van der Waals surface area contributed by atoms with Crippen LogP contribution in [-0.2, 0) is 4.74 Å². The highest BCUT2D eigenvalue weighted by Gasteiger charge is 2.26. The maximum absolute atomic E-state index is 12.5. The second-order valence-electron chi connectivity index (χ2n) is 10.9. The Morgan fingerprint density at radius 1 is 0.951 bits per heavy atom. The monoisotopic (exact) mass is 569 g/mol. The summed E-state index contributed by atoms with van der Waals surface area (Å²) < 4.78 is 12.8. The van der Waals surface area contributed by atoms with Gasteiger partial charge in [-0.3, -0.25) is 0 Å². The third kappa shape index (κ3) is 5.99. The van der Waals surface area contributed by atoms with Crippen LogP contribution in [-0.4, -0.2) is 62.7 Å². The number of aryl methyl sites for hydroxylation is 1. The quantitative estimate of drug-likeness (QED) is 0.253. The highest BCUT2D eigenvalue weighted by atomic mass is 32.1. The minimum atomic E-state index is -0.514. The van der Waals surface area contributed by atoms with E-state index in [0.717, 1.165) is 44.3 Å². The molecule has 210 valence electrons. The number of carbonyl (C=O) groups is 1. The number of hydrogen-bond acceptors (Lipinski definition) is 10. The fourth-order valence-electron chi connectivity index (χ4n) is 4.65. The molecule has 5 aromatic rings. The Morgan fingerprint density at radius 3 is 2.56 bits per heavy atom. The number of fused-ring (bicyclic) bond motifs is 2. The number of carbonyl (C=O) groups excluding carboxylic acids is 1. The van der Waals surface area contributed by atoms with E-state index in [9.17, 15) is 4.79 Å². The van der Waals surface area contributed by atoms with Crippen molar-refractivity contribution in [1.82, 2.24) is 24.8 Å². The van der Waals surface area contributed by atoms with Crippen LogP contribution >= 0.6 is 11.3 Å². The molecular weight excluding hydrogens is 538 g/mol. The average molecular weight is 570 g/mol. The molecule has 1 aliphatic heterocycles. The van der Waals surface area contributed by atoms with Crippen molar-refractivity contribution < 1.29 is 14.3 Å². The molecule has 41 heavy (non-hydrogen) atoms. The minimum Gasteiger partial charge on any atom is -0.457 e. The van der Waals surface area contributed by atoms with E-state index < -0.39 is 5.60 Å². The Labute approximate surface area is 242 Å². The lowest BCUT2D eigenvalue weighted by Gasteiger charge is -2.36. The van der Waals surface area contributed by atoms with Gasteiger partial charge < -0.3 is 24.6 Å². The van der Waals surface area contributed by atoms with Crippen LogP contribution in [0.2, 0.25) is 0 Å². The van der Waals surface area contributed by atoms with E-state index in [1.54, 1.807) is 16.2 Å². The van der Waals surface area contributed by atoms with E-state index in [1.165, 1.54) is 6.33 Å². The molecule has 4 heterocycles. The summed E-state index contributed by atoms with van der Waals surface area (Å²) in [4.78, 5) is 34.6. The standard InChI is InChI=1S/C30H31N7O3S/c1-19-15-20(5-8-24(19)39-21-6-9-25-23(16-21)33-18-41-25)34-28-27-22(31-17-32-28)7-10-26(35-27)36-11-13-37(14-12-36)29(38)40-30(2,3)4/h5-10,15-18H,11-14H2,1-4H3,(H,31,32,34). The van der Waals surface area contributed by atoms with Gasteiger partial charge in [-0.05, 0) is 75.7 Å². The lowest BCUT2D eigenvalue weighted by Crippen LogP contribution is -2.50. The number of amides is 1. The Morgan fingerprint density at radius 2 is 1.78 bits per heavy atom. The zero-order valence-corrected chi connectivity index (χ0v) is 24.2. The smallest absolute Gasteiger partial charge is 0.410 e. The van der Waals surface area contributed by atoms with Gasteiger partial charge in [-0.15, -0.1) is 11.3 Å². The lowest BCUT2D eigenvalue weighted by molar-refractivity contribution is 0.0240. The number of nitrogens with one attached hydrogen (secondary N) is 1. The zero-order valence-electron chi connectivity index (χ0n) is 23.4. The Kier molecular flexibility index (Phi) is 7.04. The molecule has 0 unspecified atom stereocenters. The molecule has 1 N–H and O–H groups in total. The number of piperazine rings is 1. The number of nitrogens with zero attached hydrogens (tertiary/aromatic N) is 6. The maximum atomic E-state index is 12.5. The van der Waals surface area contributed by atoms with Crippen molar-refractivity contribution in [2.45, 2.75) is 33.3 Å². The van der Waals surface area contributed by atoms with Crippen LogP contribution in [0.15, 0.2) is 60.4 Å². The molecule has 1 aliphatic rings.